The zero-order valence-corrected chi connectivity index (χ0v) is 8.56. The smallest absolute Gasteiger partial charge is 0.339 e. The fraction of sp³-hybridized carbons (Fsp3) is 0.0833. The molecule has 0 radical (unpaired) electrons. The van der Waals surface area contributed by atoms with Crippen LogP contribution >= 0.6 is 0 Å². The van der Waals surface area contributed by atoms with Crippen LogP contribution in [0.3, 0.4) is 0 Å². The summed E-state index contributed by atoms with van der Waals surface area (Å²) in [5.74, 6) is -1.72. The Bertz CT molecular complexity index is 587. The fourth-order valence-electron chi connectivity index (χ4n) is 1.79. The maximum atomic E-state index is 10.8. The summed E-state index contributed by atoms with van der Waals surface area (Å²) in [5.41, 5.74) is 0.484. The van der Waals surface area contributed by atoms with Crippen molar-refractivity contribution in [3.05, 3.63) is 35.4 Å². The average molecular weight is 218 g/mol. The van der Waals surface area contributed by atoms with Crippen molar-refractivity contribution in [3.63, 3.8) is 0 Å². The van der Waals surface area contributed by atoms with Crippen LogP contribution in [0.25, 0.3) is 10.8 Å². The average Bonchev–Trinajstić information content (AvgIpc) is 2.22. The molecular formula is C12H10O4. The van der Waals surface area contributed by atoms with E-state index in [2.05, 4.69) is 0 Å². The molecule has 0 aliphatic rings. The first-order valence-electron chi connectivity index (χ1n) is 4.70. The third-order valence-corrected chi connectivity index (χ3v) is 2.55. The first-order valence-corrected chi connectivity index (χ1v) is 4.70. The largest absolute Gasteiger partial charge is 0.507 e. The highest BCUT2D eigenvalue weighted by molar-refractivity contribution is 6.04. The zero-order valence-electron chi connectivity index (χ0n) is 8.56. The molecule has 82 valence electrons. The lowest BCUT2D eigenvalue weighted by Gasteiger charge is -2.09. The lowest BCUT2D eigenvalue weighted by molar-refractivity contribution is 0.0693. The Labute approximate surface area is 91.4 Å². The van der Waals surface area contributed by atoms with E-state index in [1.807, 2.05) is 0 Å². The number of benzene rings is 2. The maximum Gasteiger partial charge on any atom is 0.339 e. The molecule has 0 aromatic heterocycles. The van der Waals surface area contributed by atoms with E-state index in [1.165, 1.54) is 0 Å². The van der Waals surface area contributed by atoms with Crippen molar-refractivity contribution in [3.8, 4) is 11.5 Å². The second-order valence-electron chi connectivity index (χ2n) is 3.59. The summed E-state index contributed by atoms with van der Waals surface area (Å²) in [6.45, 7) is 1.78. The van der Waals surface area contributed by atoms with Gasteiger partial charge in [0.05, 0.1) is 0 Å². The summed E-state index contributed by atoms with van der Waals surface area (Å²) in [6.07, 6.45) is 0. The van der Waals surface area contributed by atoms with Crippen LogP contribution in [0.5, 0.6) is 11.5 Å². The van der Waals surface area contributed by atoms with Crippen LogP contribution < -0.4 is 0 Å². The van der Waals surface area contributed by atoms with Gasteiger partial charge < -0.3 is 15.3 Å². The second kappa shape index (κ2) is 3.41. The molecule has 0 saturated heterocycles. The number of aromatic carboxylic acids is 1. The van der Waals surface area contributed by atoms with Crippen molar-refractivity contribution in [1.29, 1.82) is 0 Å². The van der Waals surface area contributed by atoms with Crippen LogP contribution in [0.1, 0.15) is 15.9 Å². The van der Waals surface area contributed by atoms with E-state index in [0.717, 1.165) is 11.6 Å². The minimum absolute atomic E-state index is 0.136. The molecule has 0 bridgehead atoms. The van der Waals surface area contributed by atoms with E-state index in [1.54, 1.807) is 25.1 Å². The molecule has 2 rings (SSSR count). The number of phenols is 2. The maximum absolute atomic E-state index is 10.8. The Morgan fingerprint density at radius 1 is 1.25 bits per heavy atom. The monoisotopic (exact) mass is 218 g/mol. The van der Waals surface area contributed by atoms with Gasteiger partial charge in [-0.25, -0.2) is 4.79 Å². The van der Waals surface area contributed by atoms with Crippen molar-refractivity contribution in [2.24, 2.45) is 0 Å². The van der Waals surface area contributed by atoms with Crippen molar-refractivity contribution >= 4 is 16.7 Å². The van der Waals surface area contributed by atoms with Crippen molar-refractivity contribution in [1.82, 2.24) is 0 Å². The summed E-state index contributed by atoms with van der Waals surface area (Å²) < 4.78 is 0. The lowest BCUT2D eigenvalue weighted by atomic mass is 10.0. The molecule has 0 unspecified atom stereocenters. The van der Waals surface area contributed by atoms with E-state index in [4.69, 9.17) is 5.11 Å². The van der Waals surface area contributed by atoms with Gasteiger partial charge in [-0.1, -0.05) is 18.2 Å². The topological polar surface area (TPSA) is 77.8 Å². The Morgan fingerprint density at radius 2 is 1.94 bits per heavy atom. The number of phenolic OH excluding ortho intramolecular Hbond substituents is 1. The number of hydrogen-bond donors (Lipinski definition) is 3. The molecule has 0 saturated carbocycles. The Balaban J connectivity index is 2.96. The van der Waals surface area contributed by atoms with E-state index >= 15 is 0 Å². The summed E-state index contributed by atoms with van der Waals surface area (Å²) in [6, 6.07) is 6.11. The molecular weight excluding hydrogens is 208 g/mol. The van der Waals surface area contributed by atoms with Gasteiger partial charge in [0.15, 0.2) is 0 Å². The highest BCUT2D eigenvalue weighted by atomic mass is 16.4. The summed E-state index contributed by atoms with van der Waals surface area (Å²) in [7, 11) is 0. The number of rotatable bonds is 1. The Morgan fingerprint density at radius 3 is 2.56 bits per heavy atom. The van der Waals surface area contributed by atoms with Crippen molar-refractivity contribution < 1.29 is 20.1 Å². The number of carbonyl (C=O) groups is 1. The normalized spacial score (nSPS) is 10.6. The number of hydrogen-bond acceptors (Lipinski definition) is 3. The third-order valence-electron chi connectivity index (χ3n) is 2.55. The molecule has 0 aliphatic carbocycles. The molecule has 0 aliphatic heterocycles. The molecule has 2 aromatic rings. The van der Waals surface area contributed by atoms with Gasteiger partial charge in [-0.05, 0) is 18.6 Å². The summed E-state index contributed by atoms with van der Waals surface area (Å²) in [5, 5.41) is 29.2. The lowest BCUT2D eigenvalue weighted by Crippen LogP contribution is -1.97. The second-order valence-corrected chi connectivity index (χ2v) is 3.59. The summed E-state index contributed by atoms with van der Waals surface area (Å²) in [4.78, 5) is 10.8. The van der Waals surface area contributed by atoms with Gasteiger partial charge >= 0.3 is 5.97 Å². The molecule has 0 heterocycles. The third kappa shape index (κ3) is 1.35. The van der Waals surface area contributed by atoms with Gasteiger partial charge in [-0.3, -0.25) is 0 Å². The highest BCUT2D eigenvalue weighted by Gasteiger charge is 2.16. The van der Waals surface area contributed by atoms with Gasteiger partial charge in [-0.15, -0.1) is 0 Å². The standard InChI is InChI=1S/C12H10O4/c1-6-3-2-4-7-10(6)9(13)5-8(11(7)14)12(15)16/h2-5,13-14H,1H3,(H,15,16). The molecule has 3 N–H and O–H groups in total. The quantitative estimate of drug-likeness (QED) is 0.641. The minimum Gasteiger partial charge on any atom is -0.507 e. The minimum atomic E-state index is -1.27. The molecule has 4 heteroatoms. The van der Waals surface area contributed by atoms with Gasteiger partial charge in [0.25, 0.3) is 0 Å². The van der Waals surface area contributed by atoms with Crippen LogP contribution in [0.2, 0.25) is 0 Å². The molecule has 16 heavy (non-hydrogen) atoms. The number of aromatic hydroxyl groups is 2. The van der Waals surface area contributed by atoms with Gasteiger partial charge in [-0.2, -0.15) is 0 Å². The van der Waals surface area contributed by atoms with Crippen LogP contribution in [-0.2, 0) is 0 Å². The number of carboxylic acids is 1. The fourth-order valence-corrected chi connectivity index (χ4v) is 1.79. The Hall–Kier alpha value is -2.23. The predicted molar refractivity (Wildman–Crippen MR) is 59.0 cm³/mol. The van der Waals surface area contributed by atoms with E-state index < -0.39 is 5.97 Å². The molecule has 0 fully saturated rings. The molecule has 0 spiro atoms. The molecule has 4 nitrogen and oxygen atoms in total. The SMILES string of the molecule is Cc1cccc2c(O)c(C(=O)O)cc(O)c12. The van der Waals surface area contributed by atoms with E-state index in [-0.39, 0.29) is 17.1 Å². The Kier molecular flexibility index (Phi) is 2.20. The highest BCUT2D eigenvalue weighted by Crippen LogP contribution is 2.36. The van der Waals surface area contributed by atoms with Crippen LogP contribution in [0, 0.1) is 6.92 Å². The number of aryl methyl sites for hydroxylation is 1. The van der Waals surface area contributed by atoms with E-state index in [9.17, 15) is 15.0 Å². The predicted octanol–water partition coefficient (Wildman–Crippen LogP) is 2.26. The van der Waals surface area contributed by atoms with Crippen LogP contribution in [0.4, 0.5) is 0 Å². The first kappa shape index (κ1) is 10.3. The molecule has 2 aromatic carbocycles. The zero-order chi connectivity index (χ0) is 11.9. The van der Waals surface area contributed by atoms with Gasteiger partial charge in [0, 0.05) is 10.8 Å². The van der Waals surface area contributed by atoms with Crippen LogP contribution in [0.15, 0.2) is 24.3 Å². The molecule has 0 atom stereocenters. The van der Waals surface area contributed by atoms with E-state index in [0.29, 0.717) is 10.8 Å². The molecule has 0 amide bonds. The van der Waals surface area contributed by atoms with Crippen molar-refractivity contribution in [2.75, 3.05) is 0 Å². The first-order chi connectivity index (χ1) is 7.52. The van der Waals surface area contributed by atoms with Crippen molar-refractivity contribution in [2.45, 2.75) is 6.92 Å². The van der Waals surface area contributed by atoms with Gasteiger partial charge in [0.2, 0.25) is 0 Å². The van der Waals surface area contributed by atoms with Gasteiger partial charge in [0.1, 0.15) is 17.1 Å². The number of carboxylic acid groups (broad SMARTS) is 1. The number of fused-ring (bicyclic) bond motifs is 1. The van der Waals surface area contributed by atoms with Crippen LogP contribution in [-0.4, -0.2) is 21.3 Å². The summed E-state index contributed by atoms with van der Waals surface area (Å²) >= 11 is 0.